The first-order valence-corrected chi connectivity index (χ1v) is 11.8. The molecule has 32 heavy (non-hydrogen) atoms. The highest BCUT2D eigenvalue weighted by atomic mass is 16.2. The molecule has 5 nitrogen and oxygen atoms in total. The Morgan fingerprint density at radius 2 is 1.44 bits per heavy atom. The minimum atomic E-state index is -0.273. The Labute approximate surface area is 189 Å². The molecule has 0 aromatic heterocycles. The number of hydrogen-bond acceptors (Lipinski definition) is 3. The summed E-state index contributed by atoms with van der Waals surface area (Å²) in [6, 6.07) is 17.5. The molecule has 0 spiro atoms. The van der Waals surface area contributed by atoms with Crippen molar-refractivity contribution in [1.82, 2.24) is 10.7 Å². The lowest BCUT2D eigenvalue weighted by molar-refractivity contribution is -0.125. The third-order valence-corrected chi connectivity index (χ3v) is 7.46. The molecule has 0 unspecified atom stereocenters. The molecule has 2 aromatic rings. The van der Waals surface area contributed by atoms with Crippen LogP contribution >= 0.6 is 0 Å². The number of hydrazone groups is 1. The lowest BCUT2D eigenvalue weighted by Gasteiger charge is -2.56. The van der Waals surface area contributed by atoms with E-state index in [1.54, 1.807) is 19.1 Å². The fourth-order valence-corrected chi connectivity index (χ4v) is 6.53. The number of hydrogen-bond donors (Lipinski definition) is 2. The van der Waals surface area contributed by atoms with Gasteiger partial charge in [-0.2, -0.15) is 5.10 Å². The van der Waals surface area contributed by atoms with Gasteiger partial charge in [-0.15, -0.1) is 0 Å². The summed E-state index contributed by atoms with van der Waals surface area (Å²) in [6.07, 6.45) is 7.69. The molecule has 0 saturated heterocycles. The van der Waals surface area contributed by atoms with Crippen LogP contribution < -0.4 is 10.7 Å². The first-order valence-electron chi connectivity index (χ1n) is 11.8. The largest absolute Gasteiger partial charge is 0.350 e. The molecule has 2 aromatic carbocycles. The van der Waals surface area contributed by atoms with Gasteiger partial charge in [0, 0.05) is 16.8 Å². The zero-order valence-corrected chi connectivity index (χ0v) is 18.6. The van der Waals surface area contributed by atoms with E-state index in [4.69, 9.17) is 0 Å². The Morgan fingerprint density at radius 1 is 0.875 bits per heavy atom. The molecule has 2 N–H and O–H groups in total. The normalized spacial score (nSPS) is 28.4. The molecule has 6 rings (SSSR count). The summed E-state index contributed by atoms with van der Waals surface area (Å²) in [7, 11) is 0. The zero-order valence-electron chi connectivity index (χ0n) is 18.6. The lowest BCUT2D eigenvalue weighted by Crippen LogP contribution is -2.60. The Balaban J connectivity index is 1.14. The van der Waals surface area contributed by atoms with Crippen LogP contribution in [0.15, 0.2) is 59.7 Å². The summed E-state index contributed by atoms with van der Waals surface area (Å²) in [6.45, 7) is 1.79. The van der Waals surface area contributed by atoms with Gasteiger partial charge in [-0.05, 0) is 86.5 Å². The van der Waals surface area contributed by atoms with Crippen LogP contribution in [0.4, 0.5) is 0 Å². The van der Waals surface area contributed by atoms with Crippen LogP contribution in [-0.2, 0) is 4.79 Å². The first-order chi connectivity index (χ1) is 15.5. The van der Waals surface area contributed by atoms with Crippen LogP contribution in [0, 0.1) is 17.8 Å². The number of nitrogens with zero attached hydrogens (tertiary/aromatic N) is 1. The summed E-state index contributed by atoms with van der Waals surface area (Å²) in [5.74, 6) is 2.14. The van der Waals surface area contributed by atoms with E-state index in [2.05, 4.69) is 15.8 Å². The Bertz CT molecular complexity index is 991. The summed E-state index contributed by atoms with van der Waals surface area (Å²) in [5.41, 5.74) is 5.92. The van der Waals surface area contributed by atoms with Crippen LogP contribution in [0.2, 0.25) is 0 Å². The second-order valence-corrected chi connectivity index (χ2v) is 10.2. The second-order valence-electron chi connectivity index (χ2n) is 10.2. The van der Waals surface area contributed by atoms with E-state index >= 15 is 0 Å². The van der Waals surface area contributed by atoms with Crippen LogP contribution in [0.25, 0.3) is 11.1 Å². The van der Waals surface area contributed by atoms with E-state index in [-0.39, 0.29) is 23.8 Å². The second kappa shape index (κ2) is 8.53. The first kappa shape index (κ1) is 20.9. The molecule has 5 heteroatoms. The van der Waals surface area contributed by atoms with Gasteiger partial charge in [0.1, 0.15) is 0 Å². The van der Waals surface area contributed by atoms with Gasteiger partial charge in [-0.25, -0.2) is 5.43 Å². The van der Waals surface area contributed by atoms with Crippen molar-refractivity contribution in [2.24, 2.45) is 22.9 Å². The SMILES string of the molecule is C/C(CC(=O)NC12CC3CC(CC(C3)C1)C2)=N/NC(=O)c1ccc(-c2ccccc2)cc1. The zero-order chi connectivity index (χ0) is 22.1. The predicted molar refractivity (Wildman–Crippen MR) is 126 cm³/mol. The maximum absolute atomic E-state index is 12.7. The summed E-state index contributed by atoms with van der Waals surface area (Å²) in [5, 5.41) is 7.54. The number of nitrogens with one attached hydrogen (secondary N) is 2. The van der Waals surface area contributed by atoms with Crippen molar-refractivity contribution in [3.63, 3.8) is 0 Å². The topological polar surface area (TPSA) is 70.6 Å². The van der Waals surface area contributed by atoms with Gasteiger partial charge in [0.05, 0.1) is 6.42 Å². The molecule has 166 valence electrons. The van der Waals surface area contributed by atoms with Crippen molar-refractivity contribution < 1.29 is 9.59 Å². The smallest absolute Gasteiger partial charge is 0.271 e. The molecule has 4 aliphatic rings. The maximum Gasteiger partial charge on any atom is 0.271 e. The average molecular weight is 430 g/mol. The molecule has 0 heterocycles. The molecular formula is C27H31N3O2. The third-order valence-electron chi connectivity index (χ3n) is 7.46. The molecule has 4 bridgehead atoms. The van der Waals surface area contributed by atoms with E-state index in [1.807, 2.05) is 42.5 Å². The van der Waals surface area contributed by atoms with Gasteiger partial charge in [0.25, 0.3) is 5.91 Å². The summed E-state index contributed by atoms with van der Waals surface area (Å²) >= 11 is 0. The fourth-order valence-electron chi connectivity index (χ4n) is 6.53. The Morgan fingerprint density at radius 3 is 2.03 bits per heavy atom. The van der Waals surface area contributed by atoms with Gasteiger partial charge >= 0.3 is 0 Å². The van der Waals surface area contributed by atoms with Crippen LogP contribution in [-0.4, -0.2) is 23.1 Å². The van der Waals surface area contributed by atoms with Gasteiger partial charge in [0.15, 0.2) is 0 Å². The molecule has 4 saturated carbocycles. The lowest BCUT2D eigenvalue weighted by atomic mass is 9.53. The molecule has 4 fully saturated rings. The average Bonchev–Trinajstić information content (AvgIpc) is 2.77. The van der Waals surface area contributed by atoms with Crippen molar-refractivity contribution in [2.45, 2.75) is 57.4 Å². The molecule has 0 atom stereocenters. The van der Waals surface area contributed by atoms with Crippen molar-refractivity contribution in [3.05, 3.63) is 60.2 Å². The van der Waals surface area contributed by atoms with Crippen molar-refractivity contribution in [2.75, 3.05) is 0 Å². The summed E-state index contributed by atoms with van der Waals surface area (Å²) < 4.78 is 0. The van der Waals surface area contributed by atoms with E-state index in [1.165, 1.54) is 19.3 Å². The van der Waals surface area contributed by atoms with Crippen molar-refractivity contribution in [1.29, 1.82) is 0 Å². The number of carbonyl (C=O) groups excluding carboxylic acids is 2. The number of carbonyl (C=O) groups is 2. The minimum absolute atomic E-state index is 0.00978. The molecule has 4 aliphatic carbocycles. The highest BCUT2D eigenvalue weighted by Crippen LogP contribution is 2.55. The molecule has 0 aliphatic heterocycles. The number of benzene rings is 2. The third kappa shape index (κ3) is 4.47. The molecular weight excluding hydrogens is 398 g/mol. The quantitative estimate of drug-likeness (QED) is 0.505. The van der Waals surface area contributed by atoms with Crippen LogP contribution in [0.3, 0.4) is 0 Å². The maximum atomic E-state index is 12.7. The van der Waals surface area contributed by atoms with Gasteiger partial charge in [-0.1, -0.05) is 42.5 Å². The van der Waals surface area contributed by atoms with E-state index < -0.39 is 0 Å². The van der Waals surface area contributed by atoms with E-state index in [0.29, 0.717) is 11.3 Å². The van der Waals surface area contributed by atoms with Gasteiger partial charge < -0.3 is 5.32 Å². The van der Waals surface area contributed by atoms with Gasteiger partial charge in [0.2, 0.25) is 5.91 Å². The molecule has 0 radical (unpaired) electrons. The minimum Gasteiger partial charge on any atom is -0.350 e. The van der Waals surface area contributed by atoms with E-state index in [9.17, 15) is 9.59 Å². The Kier molecular flexibility index (Phi) is 5.58. The van der Waals surface area contributed by atoms with Crippen molar-refractivity contribution >= 4 is 17.5 Å². The monoisotopic (exact) mass is 429 g/mol. The fraction of sp³-hybridized carbons (Fsp3) is 0.444. The molecule has 2 amide bonds. The highest BCUT2D eigenvalue weighted by Gasteiger charge is 2.51. The number of rotatable bonds is 6. The van der Waals surface area contributed by atoms with Crippen LogP contribution in [0.5, 0.6) is 0 Å². The van der Waals surface area contributed by atoms with Crippen molar-refractivity contribution in [3.8, 4) is 11.1 Å². The Hall–Kier alpha value is -2.95. The standard InChI is InChI=1S/C27H31N3O2/c1-18(11-25(31)28-27-15-19-12-20(16-27)14-21(13-19)17-27)29-30-26(32)24-9-7-23(8-10-24)22-5-3-2-4-6-22/h2-10,19-21H,11-17H2,1H3,(H,28,31)(H,30,32)/b29-18-. The van der Waals surface area contributed by atoms with E-state index in [0.717, 1.165) is 48.1 Å². The number of amides is 2. The predicted octanol–water partition coefficient (Wildman–Crippen LogP) is 4.93. The van der Waals surface area contributed by atoms with Crippen LogP contribution in [0.1, 0.15) is 62.2 Å². The highest BCUT2D eigenvalue weighted by molar-refractivity contribution is 6.01. The van der Waals surface area contributed by atoms with Gasteiger partial charge in [-0.3, -0.25) is 9.59 Å². The summed E-state index contributed by atoms with van der Waals surface area (Å²) in [4.78, 5) is 25.2.